The molecule has 0 aliphatic heterocycles. The number of hydroxylamine groups is 1. The van der Waals surface area contributed by atoms with Gasteiger partial charge in [0.15, 0.2) is 11.5 Å². The van der Waals surface area contributed by atoms with Crippen LogP contribution in [-0.4, -0.2) is 52.1 Å². The second-order valence-corrected chi connectivity index (χ2v) is 6.33. The normalized spacial score (nSPS) is 11.2. The van der Waals surface area contributed by atoms with Crippen molar-refractivity contribution in [2.75, 3.05) is 30.0 Å². The van der Waals surface area contributed by atoms with E-state index in [4.69, 9.17) is 17.0 Å². The summed E-state index contributed by atoms with van der Waals surface area (Å²) in [4.78, 5) is 11.3. The molecule has 5 N–H and O–H groups in total. The number of hydrogen-bond acceptors (Lipinski definition) is 6. The molecule has 3 aromatic rings. The third-order valence-electron chi connectivity index (χ3n) is 3.90. The molecule has 0 radical (unpaired) electrons. The number of H-pyrrole nitrogens is 1. The molecule has 0 aliphatic carbocycles. The van der Waals surface area contributed by atoms with E-state index in [-0.39, 0.29) is 22.1 Å². The summed E-state index contributed by atoms with van der Waals surface area (Å²) >= 11 is 5.73. The molecular formula is C17H17ClF3N7O. The Morgan fingerprint density at radius 3 is 2.83 bits per heavy atom. The minimum atomic E-state index is -2.42. The van der Waals surface area contributed by atoms with E-state index in [1.54, 1.807) is 0 Å². The summed E-state index contributed by atoms with van der Waals surface area (Å²) in [6, 6.07) is 5.05. The number of aromatic nitrogens is 3. The lowest BCUT2D eigenvalue weighted by Gasteiger charge is -2.18. The van der Waals surface area contributed by atoms with Crippen molar-refractivity contribution in [2.45, 2.75) is 6.43 Å². The molecule has 0 bridgehead atoms. The van der Waals surface area contributed by atoms with Crippen LogP contribution in [0, 0.1) is 11.2 Å². The van der Waals surface area contributed by atoms with Gasteiger partial charge in [0.1, 0.15) is 5.82 Å². The van der Waals surface area contributed by atoms with E-state index in [9.17, 15) is 18.4 Å². The van der Waals surface area contributed by atoms with E-state index >= 15 is 0 Å². The van der Waals surface area contributed by atoms with Crippen molar-refractivity contribution in [1.29, 1.82) is 5.41 Å². The monoisotopic (exact) mass is 427 g/mol. The highest BCUT2D eigenvalue weighted by Gasteiger charge is 2.18. The maximum atomic E-state index is 13.3. The Kier molecular flexibility index (Phi) is 6.52. The second-order valence-electron chi connectivity index (χ2n) is 5.92. The van der Waals surface area contributed by atoms with Crippen LogP contribution in [0.15, 0.2) is 30.5 Å². The number of imidazole rings is 1. The van der Waals surface area contributed by atoms with Crippen LogP contribution in [0.25, 0.3) is 11.2 Å². The van der Waals surface area contributed by atoms with Gasteiger partial charge in [-0.3, -0.25) is 10.6 Å². The van der Waals surface area contributed by atoms with E-state index in [0.717, 1.165) is 6.07 Å². The van der Waals surface area contributed by atoms with Crippen molar-refractivity contribution in [1.82, 2.24) is 20.3 Å². The molecule has 0 saturated heterocycles. The van der Waals surface area contributed by atoms with Gasteiger partial charge in [0.25, 0.3) is 6.43 Å². The summed E-state index contributed by atoms with van der Waals surface area (Å²) in [5.41, 5.74) is 1.07. The number of alkyl halides is 2. The van der Waals surface area contributed by atoms with Crippen LogP contribution in [0.2, 0.25) is 5.02 Å². The summed E-state index contributed by atoms with van der Waals surface area (Å²) in [5, 5.41) is 24.5. The molecule has 3 rings (SSSR count). The zero-order valence-corrected chi connectivity index (χ0v) is 15.6. The number of benzene rings is 1. The van der Waals surface area contributed by atoms with Crippen molar-refractivity contribution in [3.63, 3.8) is 0 Å². The quantitative estimate of drug-likeness (QED) is 0.163. The number of nitrogens with one attached hydrogen (secondary N) is 4. The van der Waals surface area contributed by atoms with E-state index in [1.165, 1.54) is 24.4 Å². The Morgan fingerprint density at radius 1 is 1.31 bits per heavy atom. The number of anilines is 2. The third-order valence-corrected chi connectivity index (χ3v) is 4.19. The molecule has 0 amide bonds. The Morgan fingerprint density at radius 2 is 2.10 bits per heavy atom. The Hall–Kier alpha value is -2.89. The summed E-state index contributed by atoms with van der Waals surface area (Å²) in [6.07, 6.45) is -0.997. The molecule has 1 aromatic carbocycles. The maximum Gasteiger partial charge on any atom is 0.250 e. The fourth-order valence-electron chi connectivity index (χ4n) is 2.53. The molecule has 0 spiro atoms. The lowest BCUT2D eigenvalue weighted by Crippen LogP contribution is -2.27. The summed E-state index contributed by atoms with van der Waals surface area (Å²) in [7, 11) is 0. The predicted octanol–water partition coefficient (Wildman–Crippen LogP) is 3.24. The molecule has 0 aliphatic rings. The van der Waals surface area contributed by atoms with Gasteiger partial charge in [-0.2, -0.15) is 4.98 Å². The van der Waals surface area contributed by atoms with Crippen molar-refractivity contribution >= 4 is 40.2 Å². The molecule has 0 saturated carbocycles. The first-order chi connectivity index (χ1) is 13.9. The van der Waals surface area contributed by atoms with Gasteiger partial charge in [-0.05, 0) is 24.3 Å². The van der Waals surface area contributed by atoms with Gasteiger partial charge < -0.3 is 15.6 Å². The zero-order chi connectivity index (χ0) is 21.0. The van der Waals surface area contributed by atoms with Gasteiger partial charge in [0.2, 0.25) is 5.95 Å². The maximum absolute atomic E-state index is 13.3. The van der Waals surface area contributed by atoms with Crippen LogP contribution in [0.5, 0.6) is 0 Å². The number of fused-ring (bicyclic) bond motifs is 1. The minimum absolute atomic E-state index is 0.106. The fraction of sp³-hybridized carbons (Fsp3) is 0.235. The van der Waals surface area contributed by atoms with Crippen LogP contribution in [-0.2, 0) is 0 Å². The number of hydrogen-bond donors (Lipinski definition) is 5. The molecule has 0 unspecified atom stereocenters. The fourth-order valence-corrected chi connectivity index (χ4v) is 2.71. The van der Waals surface area contributed by atoms with E-state index < -0.39 is 18.8 Å². The van der Waals surface area contributed by atoms with E-state index in [0.29, 0.717) is 35.3 Å². The van der Waals surface area contributed by atoms with Crippen molar-refractivity contribution in [3.8, 4) is 0 Å². The Balaban J connectivity index is 1.76. The van der Waals surface area contributed by atoms with Crippen LogP contribution >= 0.6 is 11.6 Å². The lowest BCUT2D eigenvalue weighted by atomic mass is 10.2. The number of aromatic amines is 1. The zero-order valence-electron chi connectivity index (χ0n) is 14.9. The molecular weight excluding hydrogens is 411 g/mol. The average Bonchev–Trinajstić information content (AvgIpc) is 3.11. The number of nitrogens with zero attached hydrogens (tertiary/aromatic N) is 3. The van der Waals surface area contributed by atoms with Gasteiger partial charge in [0.05, 0.1) is 22.8 Å². The number of pyridine rings is 1. The summed E-state index contributed by atoms with van der Waals surface area (Å²) < 4.78 is 37.5. The molecule has 8 nitrogen and oxygen atoms in total. The highest BCUT2D eigenvalue weighted by Crippen LogP contribution is 2.24. The molecule has 154 valence electrons. The minimum Gasteiger partial charge on any atom is -0.354 e. The topological polar surface area (TPSA) is 113 Å². The van der Waals surface area contributed by atoms with Crippen LogP contribution in [0.1, 0.15) is 5.56 Å². The largest absolute Gasteiger partial charge is 0.354 e. The molecule has 0 fully saturated rings. The van der Waals surface area contributed by atoms with E-state index in [1.807, 2.05) is 0 Å². The Bertz CT molecular complexity index is 1010. The Labute approximate surface area is 168 Å². The van der Waals surface area contributed by atoms with Crippen molar-refractivity contribution < 1.29 is 18.4 Å². The van der Waals surface area contributed by atoms with Gasteiger partial charge in [-0.25, -0.2) is 23.2 Å². The molecule has 29 heavy (non-hydrogen) atoms. The number of rotatable bonds is 8. The van der Waals surface area contributed by atoms with Gasteiger partial charge in [-0.15, -0.1) is 0 Å². The molecule has 12 heteroatoms. The summed E-state index contributed by atoms with van der Waals surface area (Å²) in [6.45, 7) is 0.233. The van der Waals surface area contributed by atoms with Gasteiger partial charge >= 0.3 is 0 Å². The first kappa shape index (κ1) is 20.8. The average molecular weight is 428 g/mol. The molecule has 2 aromatic heterocycles. The van der Waals surface area contributed by atoms with E-state index in [2.05, 4.69) is 25.6 Å². The number of amidine groups is 1. The smallest absolute Gasteiger partial charge is 0.250 e. The molecule has 2 heterocycles. The first-order valence-corrected chi connectivity index (χ1v) is 8.85. The van der Waals surface area contributed by atoms with Crippen molar-refractivity contribution in [3.05, 3.63) is 46.9 Å². The van der Waals surface area contributed by atoms with Gasteiger partial charge in [0, 0.05) is 24.8 Å². The second kappa shape index (κ2) is 9.07. The number of halogens is 4. The highest BCUT2D eigenvalue weighted by molar-refractivity contribution is 6.31. The van der Waals surface area contributed by atoms with Crippen LogP contribution in [0.3, 0.4) is 0 Å². The summed E-state index contributed by atoms with van der Waals surface area (Å²) in [5.74, 6) is -0.622. The van der Waals surface area contributed by atoms with Crippen molar-refractivity contribution in [2.24, 2.45) is 0 Å². The van der Waals surface area contributed by atoms with Gasteiger partial charge in [-0.1, -0.05) is 11.6 Å². The van der Waals surface area contributed by atoms with Crippen LogP contribution < -0.4 is 15.7 Å². The standard InChI is InChI=1S/C17H17ClF3N7O/c18-11-7-9(1-2-12(11)19)28(29)15(22)10-3-4-24-16-14(10)26-17(27-16)25-6-5-23-8-13(20)21/h1-4,7,13,22-23,29H,5-6,8H2,(H2,24,25,26,27). The SMILES string of the molecule is N=C(c1ccnc2nc(NCCNCC(F)F)[nH]c12)N(O)c1ccc(F)c(Cl)c1. The first-order valence-electron chi connectivity index (χ1n) is 8.47. The molecule has 0 atom stereocenters. The predicted molar refractivity (Wildman–Crippen MR) is 104 cm³/mol. The highest BCUT2D eigenvalue weighted by atomic mass is 35.5. The lowest BCUT2D eigenvalue weighted by molar-refractivity contribution is 0.146. The third kappa shape index (κ3) is 4.94. The van der Waals surface area contributed by atoms with Crippen LogP contribution in [0.4, 0.5) is 24.8 Å².